The van der Waals surface area contributed by atoms with Gasteiger partial charge in [-0.15, -0.1) is 0 Å². The van der Waals surface area contributed by atoms with Gasteiger partial charge in [0.25, 0.3) is 0 Å². The number of hydrogen-bond donors (Lipinski definition) is 1. The summed E-state index contributed by atoms with van der Waals surface area (Å²) in [6.07, 6.45) is 18.0. The minimum Gasteiger partial charge on any atom is -0.390 e. The molecule has 1 rings (SSSR count). The summed E-state index contributed by atoms with van der Waals surface area (Å²) in [6, 6.07) is 0. The second-order valence-corrected chi connectivity index (χ2v) is 7.19. The molecule has 19 heavy (non-hydrogen) atoms. The van der Waals surface area contributed by atoms with Crippen LogP contribution in [0.3, 0.4) is 0 Å². The van der Waals surface area contributed by atoms with Gasteiger partial charge in [0, 0.05) is 0 Å². The minimum absolute atomic E-state index is 0.282. The van der Waals surface area contributed by atoms with Gasteiger partial charge < -0.3 is 5.11 Å². The van der Waals surface area contributed by atoms with Crippen molar-refractivity contribution in [2.24, 2.45) is 5.92 Å². The summed E-state index contributed by atoms with van der Waals surface area (Å²) in [5, 5.41) is 10.4. The molecule has 0 radical (unpaired) electrons. The highest BCUT2D eigenvalue weighted by Crippen LogP contribution is 2.32. The molecule has 0 unspecified atom stereocenters. The molecule has 1 nitrogen and oxygen atoms in total. The van der Waals surface area contributed by atoms with Crippen molar-refractivity contribution < 1.29 is 5.11 Å². The molecular formula is C18H36O. The number of aliphatic hydroxyl groups is 1. The molecule has 0 aromatic rings. The lowest BCUT2D eigenvalue weighted by Crippen LogP contribution is -2.30. The highest BCUT2D eigenvalue weighted by Gasteiger charge is 2.27. The van der Waals surface area contributed by atoms with E-state index in [1.165, 1.54) is 70.6 Å². The van der Waals surface area contributed by atoms with Crippen molar-refractivity contribution in [3.63, 3.8) is 0 Å². The lowest BCUT2D eigenvalue weighted by molar-refractivity contribution is -0.00587. The van der Waals surface area contributed by atoms with Crippen molar-refractivity contribution in [3.05, 3.63) is 0 Å². The summed E-state index contributed by atoms with van der Waals surface area (Å²) in [7, 11) is 0. The highest BCUT2D eigenvalue weighted by molar-refractivity contribution is 4.81. The van der Waals surface area contributed by atoms with Crippen LogP contribution in [0.5, 0.6) is 0 Å². The summed E-state index contributed by atoms with van der Waals surface area (Å²) in [4.78, 5) is 0. The standard InChI is InChI=1S/C18H36O/c1-17(2)13-9-6-4-3-5-7-10-14-18(19)15-11-8-12-16-18/h17,19H,3-16H2,1-2H3. The Morgan fingerprint density at radius 1 is 0.789 bits per heavy atom. The minimum atomic E-state index is -0.282. The first kappa shape index (κ1) is 17.0. The maximum absolute atomic E-state index is 10.4. The molecule has 1 N–H and O–H groups in total. The summed E-state index contributed by atoms with van der Waals surface area (Å²) in [6.45, 7) is 4.63. The van der Waals surface area contributed by atoms with Gasteiger partial charge in [-0.1, -0.05) is 84.5 Å². The number of unbranched alkanes of at least 4 members (excludes halogenated alkanes) is 6. The van der Waals surface area contributed by atoms with E-state index in [2.05, 4.69) is 13.8 Å². The van der Waals surface area contributed by atoms with Gasteiger partial charge in [0.05, 0.1) is 5.60 Å². The monoisotopic (exact) mass is 268 g/mol. The van der Waals surface area contributed by atoms with Crippen LogP contribution in [0.4, 0.5) is 0 Å². The first-order valence-corrected chi connectivity index (χ1v) is 8.85. The van der Waals surface area contributed by atoms with Gasteiger partial charge in [-0.05, 0) is 25.2 Å². The van der Waals surface area contributed by atoms with Gasteiger partial charge in [0.1, 0.15) is 0 Å². The van der Waals surface area contributed by atoms with Crippen LogP contribution in [0.15, 0.2) is 0 Å². The van der Waals surface area contributed by atoms with E-state index in [-0.39, 0.29) is 5.60 Å². The molecule has 1 saturated carbocycles. The fourth-order valence-electron chi connectivity index (χ4n) is 3.35. The Balaban J connectivity index is 1.85. The summed E-state index contributed by atoms with van der Waals surface area (Å²) < 4.78 is 0. The normalized spacial score (nSPS) is 18.9. The summed E-state index contributed by atoms with van der Waals surface area (Å²) in [5.74, 6) is 0.872. The summed E-state index contributed by atoms with van der Waals surface area (Å²) >= 11 is 0. The number of rotatable bonds is 10. The molecule has 0 bridgehead atoms. The molecule has 0 aliphatic heterocycles. The Morgan fingerprint density at radius 2 is 1.32 bits per heavy atom. The Morgan fingerprint density at radius 3 is 1.89 bits per heavy atom. The predicted octanol–water partition coefficient (Wildman–Crippen LogP) is 5.85. The molecule has 0 heterocycles. The van der Waals surface area contributed by atoms with E-state index in [1.54, 1.807) is 0 Å². The van der Waals surface area contributed by atoms with Gasteiger partial charge in [-0.2, -0.15) is 0 Å². The molecule has 1 heteroatoms. The molecular weight excluding hydrogens is 232 g/mol. The van der Waals surface area contributed by atoms with Gasteiger partial charge in [0.15, 0.2) is 0 Å². The molecule has 0 aromatic carbocycles. The smallest absolute Gasteiger partial charge is 0.0647 e. The van der Waals surface area contributed by atoms with Gasteiger partial charge in [-0.3, -0.25) is 0 Å². The first-order valence-electron chi connectivity index (χ1n) is 8.85. The van der Waals surface area contributed by atoms with E-state index in [1.807, 2.05) is 0 Å². The molecule has 1 aliphatic carbocycles. The third-order valence-electron chi connectivity index (χ3n) is 4.71. The molecule has 0 amide bonds. The van der Waals surface area contributed by atoms with E-state index in [0.717, 1.165) is 25.2 Å². The summed E-state index contributed by atoms with van der Waals surface area (Å²) in [5.41, 5.74) is -0.282. The van der Waals surface area contributed by atoms with Gasteiger partial charge >= 0.3 is 0 Å². The van der Waals surface area contributed by atoms with Crippen molar-refractivity contribution in [1.82, 2.24) is 0 Å². The topological polar surface area (TPSA) is 20.2 Å². The van der Waals surface area contributed by atoms with E-state index < -0.39 is 0 Å². The second-order valence-electron chi connectivity index (χ2n) is 7.19. The third-order valence-corrected chi connectivity index (χ3v) is 4.71. The van der Waals surface area contributed by atoms with Crippen LogP contribution in [0.1, 0.15) is 104 Å². The lowest BCUT2D eigenvalue weighted by atomic mass is 9.81. The lowest BCUT2D eigenvalue weighted by Gasteiger charge is -2.32. The predicted molar refractivity (Wildman–Crippen MR) is 84.4 cm³/mol. The van der Waals surface area contributed by atoms with E-state index in [9.17, 15) is 5.11 Å². The third kappa shape index (κ3) is 8.68. The van der Waals surface area contributed by atoms with Crippen molar-refractivity contribution in [3.8, 4) is 0 Å². The molecule has 0 saturated heterocycles. The molecule has 1 aliphatic rings. The fraction of sp³-hybridized carbons (Fsp3) is 1.00. The highest BCUT2D eigenvalue weighted by atomic mass is 16.3. The van der Waals surface area contributed by atoms with E-state index in [0.29, 0.717) is 0 Å². The Bertz CT molecular complexity index is 204. The largest absolute Gasteiger partial charge is 0.390 e. The maximum atomic E-state index is 10.4. The van der Waals surface area contributed by atoms with Crippen LogP contribution >= 0.6 is 0 Å². The van der Waals surface area contributed by atoms with E-state index >= 15 is 0 Å². The average Bonchev–Trinajstić information content (AvgIpc) is 2.37. The molecule has 114 valence electrons. The van der Waals surface area contributed by atoms with Crippen LogP contribution in [0, 0.1) is 5.92 Å². The zero-order valence-corrected chi connectivity index (χ0v) is 13.4. The van der Waals surface area contributed by atoms with Crippen molar-refractivity contribution in [2.45, 2.75) is 109 Å². The molecule has 0 atom stereocenters. The second kappa shape index (κ2) is 9.80. The van der Waals surface area contributed by atoms with Gasteiger partial charge in [0.2, 0.25) is 0 Å². The Labute approximate surface area is 121 Å². The SMILES string of the molecule is CC(C)CCCCCCCCCC1(O)CCCCC1. The van der Waals surface area contributed by atoms with E-state index in [4.69, 9.17) is 0 Å². The molecule has 0 aromatic heterocycles. The molecule has 1 fully saturated rings. The van der Waals surface area contributed by atoms with Crippen molar-refractivity contribution in [2.75, 3.05) is 0 Å². The maximum Gasteiger partial charge on any atom is 0.0647 e. The quantitative estimate of drug-likeness (QED) is 0.493. The first-order chi connectivity index (χ1) is 9.12. The molecule has 0 spiro atoms. The fourth-order valence-corrected chi connectivity index (χ4v) is 3.35. The number of hydrogen-bond acceptors (Lipinski definition) is 1. The van der Waals surface area contributed by atoms with Gasteiger partial charge in [-0.25, -0.2) is 0 Å². The van der Waals surface area contributed by atoms with Crippen LogP contribution in [-0.2, 0) is 0 Å². The zero-order chi connectivity index (χ0) is 14.0. The Hall–Kier alpha value is -0.0400. The Kier molecular flexibility index (Phi) is 8.77. The van der Waals surface area contributed by atoms with Crippen LogP contribution in [0.25, 0.3) is 0 Å². The van der Waals surface area contributed by atoms with Crippen LogP contribution in [-0.4, -0.2) is 10.7 Å². The van der Waals surface area contributed by atoms with Crippen LogP contribution < -0.4 is 0 Å². The van der Waals surface area contributed by atoms with Crippen molar-refractivity contribution in [1.29, 1.82) is 0 Å². The van der Waals surface area contributed by atoms with Crippen LogP contribution in [0.2, 0.25) is 0 Å². The zero-order valence-electron chi connectivity index (χ0n) is 13.4. The average molecular weight is 268 g/mol. The van der Waals surface area contributed by atoms with Crippen molar-refractivity contribution >= 4 is 0 Å².